The fourth-order valence-corrected chi connectivity index (χ4v) is 2.50. The third-order valence-electron chi connectivity index (χ3n) is 3.76. The standard InChI is InChI=1S/C20H17NO4/c1-2-14-4-3-5-16(12-14)21-20(23)9-7-17(22)15-6-8-18-19(13-15)25-11-10-24-18/h1,3-6,8,12-13H,7,9-11H2,(H,21,23). The van der Waals surface area contributed by atoms with Gasteiger partial charge in [-0.05, 0) is 36.4 Å². The predicted octanol–water partition coefficient (Wildman–Crippen LogP) is 3.04. The number of hydrogen-bond acceptors (Lipinski definition) is 4. The van der Waals surface area contributed by atoms with Crippen LogP contribution < -0.4 is 14.8 Å². The molecular formula is C20H17NO4. The van der Waals surface area contributed by atoms with Gasteiger partial charge in [0.25, 0.3) is 0 Å². The Morgan fingerprint density at radius 1 is 1.04 bits per heavy atom. The summed E-state index contributed by atoms with van der Waals surface area (Å²) in [5, 5.41) is 2.74. The van der Waals surface area contributed by atoms with Crippen molar-refractivity contribution >= 4 is 17.4 Å². The van der Waals surface area contributed by atoms with Gasteiger partial charge in [0, 0.05) is 29.7 Å². The monoisotopic (exact) mass is 335 g/mol. The first-order valence-corrected chi connectivity index (χ1v) is 7.95. The van der Waals surface area contributed by atoms with E-state index in [-0.39, 0.29) is 24.5 Å². The van der Waals surface area contributed by atoms with Crippen molar-refractivity contribution in [2.24, 2.45) is 0 Å². The highest BCUT2D eigenvalue weighted by Crippen LogP contribution is 2.31. The maximum absolute atomic E-state index is 12.3. The smallest absolute Gasteiger partial charge is 0.224 e. The Bertz CT molecular complexity index is 851. The zero-order valence-electron chi connectivity index (χ0n) is 13.6. The average molecular weight is 335 g/mol. The SMILES string of the molecule is C#Cc1cccc(NC(=O)CCC(=O)c2ccc3c(c2)OCCO3)c1. The molecule has 5 nitrogen and oxygen atoms in total. The van der Waals surface area contributed by atoms with Crippen molar-refractivity contribution in [3.8, 4) is 23.8 Å². The summed E-state index contributed by atoms with van der Waals surface area (Å²) >= 11 is 0. The maximum atomic E-state index is 12.3. The quantitative estimate of drug-likeness (QED) is 0.674. The third kappa shape index (κ3) is 4.18. The van der Waals surface area contributed by atoms with Crippen LogP contribution in [0, 0.1) is 12.3 Å². The van der Waals surface area contributed by atoms with Gasteiger partial charge in [0.05, 0.1) is 0 Å². The maximum Gasteiger partial charge on any atom is 0.224 e. The van der Waals surface area contributed by atoms with Crippen LogP contribution in [0.15, 0.2) is 42.5 Å². The van der Waals surface area contributed by atoms with E-state index in [4.69, 9.17) is 15.9 Å². The van der Waals surface area contributed by atoms with E-state index in [9.17, 15) is 9.59 Å². The van der Waals surface area contributed by atoms with Crippen molar-refractivity contribution in [1.82, 2.24) is 0 Å². The van der Waals surface area contributed by atoms with Crippen LogP contribution in [0.3, 0.4) is 0 Å². The number of carbonyl (C=O) groups is 2. The van der Waals surface area contributed by atoms with Gasteiger partial charge in [-0.2, -0.15) is 0 Å². The summed E-state index contributed by atoms with van der Waals surface area (Å²) in [6.45, 7) is 0.963. The van der Waals surface area contributed by atoms with Gasteiger partial charge in [-0.25, -0.2) is 0 Å². The Morgan fingerprint density at radius 2 is 1.84 bits per heavy atom. The lowest BCUT2D eigenvalue weighted by Crippen LogP contribution is -2.16. The Kier molecular flexibility index (Phi) is 5.00. The molecule has 126 valence electrons. The summed E-state index contributed by atoms with van der Waals surface area (Å²) in [6, 6.07) is 12.1. The van der Waals surface area contributed by atoms with Crippen molar-refractivity contribution in [3.05, 3.63) is 53.6 Å². The molecule has 0 aromatic heterocycles. The molecule has 2 aromatic rings. The van der Waals surface area contributed by atoms with Gasteiger partial charge in [-0.15, -0.1) is 6.42 Å². The summed E-state index contributed by atoms with van der Waals surface area (Å²) < 4.78 is 10.9. The minimum absolute atomic E-state index is 0.0908. The third-order valence-corrected chi connectivity index (χ3v) is 3.76. The number of anilines is 1. The number of ketones is 1. The summed E-state index contributed by atoms with van der Waals surface area (Å²) in [6.07, 6.45) is 5.54. The molecule has 1 aliphatic rings. The Hall–Kier alpha value is -3.26. The molecule has 0 fully saturated rings. The van der Waals surface area contributed by atoms with E-state index in [0.29, 0.717) is 41.5 Å². The number of carbonyl (C=O) groups excluding carboxylic acids is 2. The first-order valence-electron chi connectivity index (χ1n) is 7.95. The van der Waals surface area contributed by atoms with Crippen molar-refractivity contribution in [3.63, 3.8) is 0 Å². The number of hydrogen-bond donors (Lipinski definition) is 1. The van der Waals surface area contributed by atoms with Crippen molar-refractivity contribution in [2.45, 2.75) is 12.8 Å². The molecule has 2 aromatic carbocycles. The molecule has 0 unspecified atom stereocenters. The topological polar surface area (TPSA) is 64.6 Å². The molecule has 1 N–H and O–H groups in total. The van der Waals surface area contributed by atoms with Crippen LogP contribution in [0.25, 0.3) is 0 Å². The number of rotatable bonds is 5. The average Bonchev–Trinajstić information content (AvgIpc) is 2.65. The molecular weight excluding hydrogens is 318 g/mol. The molecule has 0 spiro atoms. The molecule has 0 aliphatic carbocycles. The number of Topliss-reactive ketones (excluding diaryl/α,β-unsaturated/α-hetero) is 1. The fourth-order valence-electron chi connectivity index (χ4n) is 2.50. The number of ether oxygens (including phenoxy) is 2. The molecule has 0 bridgehead atoms. The molecule has 1 amide bonds. The normalized spacial score (nSPS) is 12.1. The van der Waals surface area contributed by atoms with E-state index >= 15 is 0 Å². The predicted molar refractivity (Wildman–Crippen MR) is 94.0 cm³/mol. The molecule has 1 aliphatic heterocycles. The van der Waals surface area contributed by atoms with Crippen molar-refractivity contribution in [1.29, 1.82) is 0 Å². The number of nitrogens with one attached hydrogen (secondary N) is 1. The van der Waals surface area contributed by atoms with E-state index in [1.54, 1.807) is 42.5 Å². The van der Waals surface area contributed by atoms with Gasteiger partial charge < -0.3 is 14.8 Å². The lowest BCUT2D eigenvalue weighted by atomic mass is 10.1. The largest absolute Gasteiger partial charge is 0.486 e. The van der Waals surface area contributed by atoms with Crippen molar-refractivity contribution < 1.29 is 19.1 Å². The second-order valence-corrected chi connectivity index (χ2v) is 5.55. The number of terminal acetylenes is 1. The van der Waals surface area contributed by atoms with E-state index in [2.05, 4.69) is 11.2 Å². The second-order valence-electron chi connectivity index (χ2n) is 5.55. The highest BCUT2D eigenvalue weighted by atomic mass is 16.6. The molecule has 3 rings (SSSR count). The van der Waals surface area contributed by atoms with Gasteiger partial charge in [-0.3, -0.25) is 9.59 Å². The van der Waals surface area contributed by atoms with Crippen LogP contribution in [0.4, 0.5) is 5.69 Å². The van der Waals surface area contributed by atoms with Crippen LogP contribution in [0.2, 0.25) is 0 Å². The number of fused-ring (bicyclic) bond motifs is 1. The highest BCUT2D eigenvalue weighted by molar-refractivity contribution is 6.00. The van der Waals surface area contributed by atoms with Crippen molar-refractivity contribution in [2.75, 3.05) is 18.5 Å². The first-order chi connectivity index (χ1) is 12.2. The van der Waals surface area contributed by atoms with Gasteiger partial charge in [-0.1, -0.05) is 12.0 Å². The minimum atomic E-state index is -0.236. The molecule has 25 heavy (non-hydrogen) atoms. The number of benzene rings is 2. The molecule has 0 saturated carbocycles. The fraction of sp³-hybridized carbons (Fsp3) is 0.200. The van der Waals surface area contributed by atoms with Crippen LogP contribution in [-0.2, 0) is 4.79 Å². The van der Waals surface area contributed by atoms with Gasteiger partial charge >= 0.3 is 0 Å². The molecule has 1 heterocycles. The summed E-state index contributed by atoms with van der Waals surface area (Å²) in [4.78, 5) is 24.3. The van der Waals surface area contributed by atoms with Gasteiger partial charge in [0.15, 0.2) is 17.3 Å². The van der Waals surface area contributed by atoms with E-state index in [1.165, 1.54) is 0 Å². The first kappa shape index (κ1) is 16.6. The molecule has 0 saturated heterocycles. The summed E-state index contributed by atoms with van der Waals surface area (Å²) in [5.74, 6) is 3.35. The van der Waals surface area contributed by atoms with E-state index in [1.807, 2.05) is 0 Å². The molecule has 0 atom stereocenters. The van der Waals surface area contributed by atoms with Gasteiger partial charge in [0.1, 0.15) is 13.2 Å². The van der Waals surface area contributed by atoms with Crippen LogP contribution in [0.5, 0.6) is 11.5 Å². The van der Waals surface area contributed by atoms with Gasteiger partial charge in [0.2, 0.25) is 5.91 Å². The van der Waals surface area contributed by atoms with Crippen LogP contribution >= 0.6 is 0 Å². The summed E-state index contributed by atoms with van der Waals surface area (Å²) in [5.41, 5.74) is 1.81. The number of amides is 1. The van der Waals surface area contributed by atoms with E-state index in [0.717, 1.165) is 0 Å². The lowest BCUT2D eigenvalue weighted by molar-refractivity contribution is -0.116. The zero-order chi connectivity index (χ0) is 17.6. The molecule has 5 heteroatoms. The Morgan fingerprint density at radius 3 is 2.64 bits per heavy atom. The lowest BCUT2D eigenvalue weighted by Gasteiger charge is -2.18. The summed E-state index contributed by atoms with van der Waals surface area (Å²) in [7, 11) is 0. The van der Waals surface area contributed by atoms with Crippen LogP contribution in [-0.4, -0.2) is 24.9 Å². The zero-order valence-corrected chi connectivity index (χ0v) is 13.6. The van der Waals surface area contributed by atoms with Crippen LogP contribution in [0.1, 0.15) is 28.8 Å². The second kappa shape index (κ2) is 7.54. The minimum Gasteiger partial charge on any atom is -0.486 e. The highest BCUT2D eigenvalue weighted by Gasteiger charge is 2.15. The molecule has 0 radical (unpaired) electrons. The Balaban J connectivity index is 1.56. The Labute approximate surface area is 146 Å². The van der Waals surface area contributed by atoms with E-state index < -0.39 is 0 Å².